The molecule has 33 heteroatoms. The Balaban J connectivity index is 1.35. The maximum atomic E-state index is 15.0. The minimum atomic E-state index is -1.39. The number of aromatic amines is 2. The number of carbonyl (C=O) groups excluding carboxylic acids is 10. The fraction of sp³-hybridized carbons (Fsp3) is 0.533. The molecule has 33 nitrogen and oxygen atoms in total. The molecule has 0 saturated heterocycles. The highest BCUT2D eigenvalue weighted by atomic mass is 16.4. The van der Waals surface area contributed by atoms with E-state index in [1.54, 1.807) is 70.4 Å². The van der Waals surface area contributed by atoms with Crippen molar-refractivity contribution in [3.05, 3.63) is 108 Å². The molecule has 0 unspecified atom stereocenters. The highest BCUT2D eigenvalue weighted by Crippen LogP contribution is 2.22. The second kappa shape index (κ2) is 45.7. The predicted octanol–water partition coefficient (Wildman–Crippen LogP) is 0.0719. The van der Waals surface area contributed by atoms with Crippen LogP contribution >= 0.6 is 0 Å². The molecule has 0 bridgehead atoms. The van der Waals surface area contributed by atoms with Crippen LogP contribution in [-0.2, 0) is 72.0 Å². The summed E-state index contributed by atoms with van der Waals surface area (Å²) >= 11 is 0. The molecule has 0 aliphatic carbocycles. The minimum absolute atomic E-state index is 0.0242. The zero-order chi connectivity index (χ0) is 79.4. The van der Waals surface area contributed by atoms with Crippen molar-refractivity contribution in [2.45, 2.75) is 205 Å². The molecule has 592 valence electrons. The first kappa shape index (κ1) is 88.0. The number of rotatable bonds is 49. The number of carboxylic acid groups (broad SMARTS) is 1. The Morgan fingerprint density at radius 3 is 1.29 bits per heavy atom. The van der Waals surface area contributed by atoms with Crippen LogP contribution in [0.5, 0.6) is 0 Å². The Morgan fingerprint density at radius 2 is 0.824 bits per heavy atom. The number of aliphatic imine (C=N–C) groups is 2. The Kier molecular flexibility index (Phi) is 37.3. The average molecular weight is 1500 g/mol. The average Bonchev–Trinajstić information content (AvgIpc) is 1.66. The molecule has 3 aromatic carbocycles. The van der Waals surface area contributed by atoms with Crippen LogP contribution in [0, 0.1) is 17.8 Å². The number of hydrogen-bond acceptors (Lipinski definition) is 16. The zero-order valence-electron chi connectivity index (χ0n) is 62.9. The number of carbonyl (C=O) groups is 11. The van der Waals surface area contributed by atoms with Gasteiger partial charge in [-0.15, -0.1) is 0 Å². The van der Waals surface area contributed by atoms with E-state index in [-0.39, 0.29) is 121 Å². The highest BCUT2D eigenvalue weighted by Gasteiger charge is 2.37. The number of hydrogen-bond donors (Lipinski definition) is 20. The van der Waals surface area contributed by atoms with Crippen molar-refractivity contribution in [3.63, 3.8) is 0 Å². The van der Waals surface area contributed by atoms with E-state index in [1.807, 2.05) is 62.4 Å². The molecule has 27 N–H and O–H groups in total. The van der Waals surface area contributed by atoms with Crippen LogP contribution in [0.1, 0.15) is 142 Å². The lowest BCUT2D eigenvalue weighted by Crippen LogP contribution is -2.60. The summed E-state index contributed by atoms with van der Waals surface area (Å²) < 4.78 is 0. The number of H-pyrrole nitrogens is 2. The summed E-state index contributed by atoms with van der Waals surface area (Å²) in [7, 11) is 0. The zero-order valence-corrected chi connectivity index (χ0v) is 62.9. The largest absolute Gasteiger partial charge is 0.480 e. The first-order valence-electron chi connectivity index (χ1n) is 37.2. The molecular weight excluding hydrogens is 1390 g/mol. The third-order valence-corrected chi connectivity index (χ3v) is 18.3. The van der Waals surface area contributed by atoms with Crippen LogP contribution in [0.3, 0.4) is 0 Å². The monoisotopic (exact) mass is 1500 g/mol. The van der Waals surface area contributed by atoms with Gasteiger partial charge in [0.2, 0.25) is 59.1 Å². The molecule has 0 aliphatic rings. The maximum absolute atomic E-state index is 15.0. The van der Waals surface area contributed by atoms with E-state index in [0.29, 0.717) is 43.2 Å². The maximum Gasteiger partial charge on any atom is 0.326 e. The number of fused-ring (bicyclic) bond motifs is 2. The fourth-order valence-electron chi connectivity index (χ4n) is 12.3. The van der Waals surface area contributed by atoms with E-state index in [4.69, 9.17) is 40.1 Å². The van der Waals surface area contributed by atoms with Crippen LogP contribution in [-0.4, -0.2) is 185 Å². The van der Waals surface area contributed by atoms with Gasteiger partial charge in [0, 0.05) is 60.1 Å². The molecule has 0 aliphatic heterocycles. The van der Waals surface area contributed by atoms with Gasteiger partial charge >= 0.3 is 5.97 Å². The van der Waals surface area contributed by atoms with Crippen LogP contribution in [0.4, 0.5) is 0 Å². The molecule has 5 aromatic rings. The molecule has 10 amide bonds. The third-order valence-electron chi connectivity index (χ3n) is 18.3. The molecule has 5 rings (SSSR count). The topological polar surface area (TPSA) is 567 Å². The summed E-state index contributed by atoms with van der Waals surface area (Å²) in [6.07, 6.45) is 5.97. The first-order valence-corrected chi connectivity index (χ1v) is 37.2. The van der Waals surface area contributed by atoms with Crippen molar-refractivity contribution in [1.29, 1.82) is 0 Å². The second-order valence-electron chi connectivity index (χ2n) is 28.1. The summed E-state index contributed by atoms with van der Waals surface area (Å²) in [5.74, 6) is -10.3. The lowest BCUT2D eigenvalue weighted by atomic mass is 9.96. The standard InChI is InChI=1S/C75H115N21O12/c1-7-45(6)63(96-71(105)61(39-48-41-86-53-26-14-12-24-50(48)53)95-70(104)60(37-46-21-9-8-10-22-46)94-69(103)59(36-44(4)5)93-64(98)51(78)38-47-40-85-52-25-13-11-23-49(47)52)72(106)87-42-62(97)88-58(35-43(2)3)68(102)91-56(29-19-33-83-74(79)80)66(100)89-54(27-15-17-31-76)65(99)90-55(28-16-18-32-77)67(101)92-57(73(107)108)30-20-34-84-75(81)82/h8-14,21-26,40-41,43-45,51,54-61,63,85-86H,7,15-20,27-39,42,76-78H2,1-6H3,(H,87,106)(H,88,97)(H,89,100)(H,90,99)(H,91,102)(H,92,101)(H,93,98)(H,94,103)(H,95,104)(H,96,105)(H,107,108)(H4,79,80,83)(H4,81,82,84)/t45-,51-,54-,55-,56-,57-,58-,59-,60-,61-,63-/m0/s1. The van der Waals surface area contributed by atoms with Gasteiger partial charge in [-0.25, -0.2) is 4.79 Å². The van der Waals surface area contributed by atoms with E-state index < -0.39 is 138 Å². The Hall–Kier alpha value is -10.7. The van der Waals surface area contributed by atoms with Crippen molar-refractivity contribution in [3.8, 4) is 0 Å². The summed E-state index contributed by atoms with van der Waals surface area (Å²) in [5.41, 5.74) is 43.8. The van der Waals surface area contributed by atoms with Gasteiger partial charge in [0.1, 0.15) is 54.4 Å². The summed E-state index contributed by atoms with van der Waals surface area (Å²) in [6, 6.07) is 11.0. The van der Waals surface area contributed by atoms with Gasteiger partial charge < -0.3 is 108 Å². The first-order chi connectivity index (χ1) is 51.5. The van der Waals surface area contributed by atoms with Crippen LogP contribution in [0.15, 0.2) is 101 Å². The summed E-state index contributed by atoms with van der Waals surface area (Å²) in [5, 5.41) is 39.0. The molecule has 2 aromatic heterocycles. The second-order valence-corrected chi connectivity index (χ2v) is 28.1. The van der Waals surface area contributed by atoms with E-state index in [0.717, 1.165) is 27.4 Å². The lowest BCUT2D eigenvalue weighted by Gasteiger charge is -2.29. The number of unbranched alkanes of at least 4 members (excludes halogenated alkanes) is 2. The molecule has 0 spiro atoms. The summed E-state index contributed by atoms with van der Waals surface area (Å²) in [6.45, 7) is 10.8. The normalized spacial score (nSPS) is 14.4. The number of nitrogens with zero attached hydrogens (tertiary/aromatic N) is 2. The van der Waals surface area contributed by atoms with E-state index >= 15 is 9.59 Å². The molecule has 0 radical (unpaired) electrons. The number of nitrogens with two attached hydrogens (primary N) is 7. The number of amides is 10. The highest BCUT2D eigenvalue weighted by molar-refractivity contribution is 5.99. The van der Waals surface area contributed by atoms with Gasteiger partial charge in [0.15, 0.2) is 11.9 Å². The molecule has 0 saturated carbocycles. The number of aromatic nitrogens is 2. The van der Waals surface area contributed by atoms with Crippen LogP contribution < -0.4 is 93.3 Å². The quantitative estimate of drug-likeness (QED) is 0.0139. The molecule has 108 heavy (non-hydrogen) atoms. The van der Waals surface area contributed by atoms with Crippen LogP contribution in [0.2, 0.25) is 0 Å². The smallest absolute Gasteiger partial charge is 0.326 e. The van der Waals surface area contributed by atoms with Gasteiger partial charge in [-0.05, 0) is 143 Å². The Morgan fingerprint density at radius 1 is 0.435 bits per heavy atom. The number of para-hydroxylation sites is 2. The van der Waals surface area contributed by atoms with Gasteiger partial charge in [0.05, 0.1) is 12.6 Å². The number of guanidine groups is 2. The summed E-state index contributed by atoms with van der Waals surface area (Å²) in [4.78, 5) is 171. The fourth-order valence-corrected chi connectivity index (χ4v) is 12.3. The molecule has 2 heterocycles. The van der Waals surface area contributed by atoms with E-state index in [1.165, 1.54) is 0 Å². The molecular formula is C75H115N21O12. The molecule has 11 atom stereocenters. The van der Waals surface area contributed by atoms with Gasteiger partial charge in [-0.1, -0.05) is 115 Å². The lowest BCUT2D eigenvalue weighted by molar-refractivity contribution is -0.142. The minimum Gasteiger partial charge on any atom is -0.480 e. The predicted molar refractivity (Wildman–Crippen MR) is 414 cm³/mol. The van der Waals surface area contributed by atoms with E-state index in [2.05, 4.69) is 73.1 Å². The van der Waals surface area contributed by atoms with Crippen molar-refractivity contribution < 1.29 is 57.8 Å². The number of carboxylic acids is 1. The Bertz CT molecular complexity index is 3820. The van der Waals surface area contributed by atoms with Crippen LogP contribution in [0.25, 0.3) is 21.8 Å². The molecule has 0 fully saturated rings. The van der Waals surface area contributed by atoms with E-state index in [9.17, 15) is 48.3 Å². The Labute approximate surface area is 630 Å². The van der Waals surface area contributed by atoms with Gasteiger partial charge in [-0.2, -0.15) is 0 Å². The van der Waals surface area contributed by atoms with Crippen molar-refractivity contribution >= 4 is 98.8 Å². The SMILES string of the molecule is CC[C@H](C)[C@H](NC(=O)[C@H](Cc1c[nH]c2ccccc12)NC(=O)[C@H](Cc1ccccc1)NC(=O)[C@H](CC(C)C)NC(=O)[C@@H](N)Cc1c[nH]c2ccccc12)C(=O)NCC(=O)N[C@@H](CC(C)C)C(=O)N[C@@H](CCCN=C(N)N)C(=O)N[C@@H](CCCCN)C(=O)N[C@@H](CCCCN)C(=O)N[C@@H](CCCN=C(N)N)C(=O)O. The van der Waals surface area contributed by atoms with Crippen molar-refractivity contribution in [2.75, 3.05) is 32.7 Å². The third kappa shape index (κ3) is 29.9. The number of nitrogens with one attached hydrogen (secondary N) is 12. The van der Waals surface area contributed by atoms with Crippen molar-refractivity contribution in [1.82, 2.24) is 63.1 Å². The number of aliphatic carboxylic acids is 1. The van der Waals surface area contributed by atoms with Gasteiger partial charge in [-0.3, -0.25) is 57.9 Å². The van der Waals surface area contributed by atoms with Crippen molar-refractivity contribution in [2.24, 2.45) is 67.9 Å². The number of benzene rings is 3. The van der Waals surface area contributed by atoms with Gasteiger partial charge in [0.25, 0.3) is 0 Å².